The van der Waals surface area contributed by atoms with Crippen molar-refractivity contribution < 1.29 is 17.9 Å². The lowest BCUT2D eigenvalue weighted by molar-refractivity contribution is 0.281. The maximum atomic E-state index is 13.6. The molecule has 1 aromatic rings. The molecule has 1 aliphatic rings. The number of benzene rings is 1. The Kier molecular flexibility index (Phi) is 4.12. The third kappa shape index (κ3) is 3.14. The normalized spacial score (nSPS) is 20.9. The highest BCUT2D eigenvalue weighted by Gasteiger charge is 2.45. The molecule has 4 nitrogen and oxygen atoms in total. The van der Waals surface area contributed by atoms with E-state index in [0.29, 0.717) is 12.5 Å². The van der Waals surface area contributed by atoms with E-state index < -0.39 is 22.4 Å². The number of sulfonamides is 1. The van der Waals surface area contributed by atoms with Crippen LogP contribution in [0.15, 0.2) is 17.0 Å². The summed E-state index contributed by atoms with van der Waals surface area (Å²) in [6, 6.07) is 2.05. The smallest absolute Gasteiger partial charge is 0.240 e. The summed E-state index contributed by atoms with van der Waals surface area (Å²) in [5.41, 5.74) is 0.211. The molecule has 0 spiro atoms. The Hall–Kier alpha value is -0.690. The van der Waals surface area contributed by atoms with E-state index in [-0.39, 0.29) is 20.9 Å². The SMILES string of the molecule is CC1(C)CC1CNS(=O)(=O)c1cc(F)c(Cl)c(CO)c1. The molecule has 0 heterocycles. The number of rotatable bonds is 5. The van der Waals surface area contributed by atoms with Crippen molar-refractivity contribution in [2.75, 3.05) is 6.54 Å². The Balaban J connectivity index is 2.19. The molecule has 112 valence electrons. The maximum absolute atomic E-state index is 13.6. The first-order valence-electron chi connectivity index (χ1n) is 6.26. The molecule has 0 amide bonds. The van der Waals surface area contributed by atoms with Crippen LogP contribution in [0.3, 0.4) is 0 Å². The van der Waals surface area contributed by atoms with Gasteiger partial charge in [-0.1, -0.05) is 25.4 Å². The predicted octanol–water partition coefficient (Wildman–Crippen LogP) is 2.30. The summed E-state index contributed by atoms with van der Waals surface area (Å²) < 4.78 is 40.2. The summed E-state index contributed by atoms with van der Waals surface area (Å²) >= 11 is 5.64. The number of aliphatic hydroxyl groups excluding tert-OH is 1. The molecule has 7 heteroatoms. The second kappa shape index (κ2) is 5.26. The van der Waals surface area contributed by atoms with Gasteiger partial charge in [-0.2, -0.15) is 0 Å². The van der Waals surface area contributed by atoms with E-state index in [4.69, 9.17) is 16.7 Å². The minimum Gasteiger partial charge on any atom is -0.392 e. The van der Waals surface area contributed by atoms with Crippen LogP contribution in [-0.4, -0.2) is 20.1 Å². The molecule has 0 radical (unpaired) electrons. The summed E-state index contributed by atoms with van der Waals surface area (Å²) in [5, 5.41) is 8.81. The maximum Gasteiger partial charge on any atom is 0.240 e. The quantitative estimate of drug-likeness (QED) is 0.874. The van der Waals surface area contributed by atoms with Gasteiger partial charge in [-0.05, 0) is 29.9 Å². The Morgan fingerprint density at radius 1 is 1.50 bits per heavy atom. The van der Waals surface area contributed by atoms with Gasteiger partial charge in [0.15, 0.2) is 0 Å². The van der Waals surface area contributed by atoms with Crippen LogP contribution >= 0.6 is 11.6 Å². The van der Waals surface area contributed by atoms with Crippen LogP contribution in [0.1, 0.15) is 25.8 Å². The highest BCUT2D eigenvalue weighted by atomic mass is 35.5. The van der Waals surface area contributed by atoms with Crippen molar-refractivity contribution >= 4 is 21.6 Å². The van der Waals surface area contributed by atoms with Crippen LogP contribution in [0.2, 0.25) is 5.02 Å². The van der Waals surface area contributed by atoms with Gasteiger partial charge in [0.2, 0.25) is 10.0 Å². The number of halogens is 2. The highest BCUT2D eigenvalue weighted by Crippen LogP contribution is 2.51. The molecule has 1 aromatic carbocycles. The summed E-state index contributed by atoms with van der Waals surface area (Å²) in [5.74, 6) is -0.558. The average molecular weight is 322 g/mol. The first-order chi connectivity index (χ1) is 9.17. The fraction of sp³-hybridized carbons (Fsp3) is 0.538. The van der Waals surface area contributed by atoms with Gasteiger partial charge < -0.3 is 5.11 Å². The molecule has 0 aromatic heterocycles. The van der Waals surface area contributed by atoms with E-state index in [0.717, 1.165) is 12.5 Å². The van der Waals surface area contributed by atoms with Crippen molar-refractivity contribution in [1.82, 2.24) is 4.72 Å². The van der Waals surface area contributed by atoms with E-state index in [9.17, 15) is 12.8 Å². The van der Waals surface area contributed by atoms with Crippen molar-refractivity contribution in [3.8, 4) is 0 Å². The zero-order chi connectivity index (χ0) is 15.1. The minimum atomic E-state index is -3.80. The second-order valence-electron chi connectivity index (χ2n) is 5.78. The molecule has 20 heavy (non-hydrogen) atoms. The third-order valence-corrected chi connectivity index (χ3v) is 5.62. The first kappa shape index (κ1) is 15.7. The van der Waals surface area contributed by atoms with Gasteiger partial charge in [0, 0.05) is 12.1 Å². The van der Waals surface area contributed by atoms with E-state index in [1.165, 1.54) is 6.07 Å². The van der Waals surface area contributed by atoms with E-state index in [1.807, 2.05) is 0 Å². The van der Waals surface area contributed by atoms with Crippen LogP contribution in [0, 0.1) is 17.2 Å². The number of aliphatic hydroxyl groups is 1. The average Bonchev–Trinajstić information content (AvgIpc) is 2.98. The molecule has 0 aliphatic heterocycles. The molecule has 1 atom stereocenters. The monoisotopic (exact) mass is 321 g/mol. The zero-order valence-electron chi connectivity index (χ0n) is 11.3. The molecule has 2 rings (SSSR count). The summed E-state index contributed by atoms with van der Waals surface area (Å²) in [6.45, 7) is 3.94. The molecule has 0 bridgehead atoms. The molecular weight excluding hydrogens is 305 g/mol. The number of hydrogen-bond acceptors (Lipinski definition) is 3. The second-order valence-corrected chi connectivity index (χ2v) is 7.92. The Bertz CT molecular complexity index is 631. The lowest BCUT2D eigenvalue weighted by atomic mass is 10.1. The van der Waals surface area contributed by atoms with Gasteiger partial charge >= 0.3 is 0 Å². The van der Waals surface area contributed by atoms with Gasteiger partial charge in [0.05, 0.1) is 16.5 Å². The van der Waals surface area contributed by atoms with Crippen LogP contribution in [0.4, 0.5) is 4.39 Å². The van der Waals surface area contributed by atoms with Gasteiger partial charge in [0.25, 0.3) is 0 Å². The van der Waals surface area contributed by atoms with Crippen LogP contribution in [0.25, 0.3) is 0 Å². The minimum absolute atomic E-state index is 0.0544. The van der Waals surface area contributed by atoms with Gasteiger partial charge in [-0.25, -0.2) is 17.5 Å². The van der Waals surface area contributed by atoms with Crippen LogP contribution in [0.5, 0.6) is 0 Å². The topological polar surface area (TPSA) is 66.4 Å². The van der Waals surface area contributed by atoms with Gasteiger partial charge in [0.1, 0.15) is 5.82 Å². The Morgan fingerprint density at radius 3 is 2.60 bits per heavy atom. The van der Waals surface area contributed by atoms with Crippen molar-refractivity contribution in [3.05, 3.63) is 28.5 Å². The lowest BCUT2D eigenvalue weighted by Crippen LogP contribution is -2.27. The van der Waals surface area contributed by atoms with Crippen molar-refractivity contribution in [1.29, 1.82) is 0 Å². The third-order valence-electron chi connectivity index (χ3n) is 3.80. The Labute approximate surface area is 123 Å². The van der Waals surface area contributed by atoms with Crippen molar-refractivity contribution in [2.24, 2.45) is 11.3 Å². The molecule has 0 saturated heterocycles. The van der Waals surface area contributed by atoms with Gasteiger partial charge in [-0.3, -0.25) is 0 Å². The van der Waals surface area contributed by atoms with E-state index in [2.05, 4.69) is 18.6 Å². The standard InChI is InChI=1S/C13H17ClFNO3S/c1-13(2)5-9(13)6-16-20(18,19)10-3-8(7-17)12(14)11(15)4-10/h3-4,9,16-17H,5-7H2,1-2H3. The Morgan fingerprint density at radius 2 is 2.10 bits per heavy atom. The molecule has 1 saturated carbocycles. The lowest BCUT2D eigenvalue weighted by Gasteiger charge is -2.10. The molecule has 1 aliphatic carbocycles. The van der Waals surface area contributed by atoms with Crippen molar-refractivity contribution in [3.63, 3.8) is 0 Å². The van der Waals surface area contributed by atoms with Gasteiger partial charge in [-0.15, -0.1) is 0 Å². The highest BCUT2D eigenvalue weighted by molar-refractivity contribution is 7.89. The predicted molar refractivity (Wildman–Crippen MR) is 74.4 cm³/mol. The fourth-order valence-corrected chi connectivity index (χ4v) is 3.42. The molecule has 1 fully saturated rings. The number of hydrogen-bond donors (Lipinski definition) is 2. The summed E-state index contributed by atoms with van der Waals surface area (Å²) in [6.07, 6.45) is 0.965. The van der Waals surface area contributed by atoms with Crippen molar-refractivity contribution in [2.45, 2.75) is 31.8 Å². The fourth-order valence-electron chi connectivity index (χ4n) is 2.11. The zero-order valence-corrected chi connectivity index (χ0v) is 12.9. The van der Waals surface area contributed by atoms with Crippen LogP contribution in [-0.2, 0) is 16.6 Å². The largest absolute Gasteiger partial charge is 0.392 e. The molecular formula is C13H17ClFNO3S. The summed E-state index contributed by atoms with van der Waals surface area (Å²) in [4.78, 5) is -0.220. The van der Waals surface area contributed by atoms with E-state index >= 15 is 0 Å². The van der Waals surface area contributed by atoms with E-state index in [1.54, 1.807) is 0 Å². The molecule has 1 unspecified atom stereocenters. The first-order valence-corrected chi connectivity index (χ1v) is 8.12. The number of nitrogens with one attached hydrogen (secondary N) is 1. The van der Waals surface area contributed by atoms with Crippen LogP contribution < -0.4 is 4.72 Å². The summed E-state index contributed by atoms with van der Waals surface area (Å²) in [7, 11) is -3.80. The molecule has 2 N–H and O–H groups in total.